The van der Waals surface area contributed by atoms with Gasteiger partial charge in [0, 0.05) is 18.5 Å². The van der Waals surface area contributed by atoms with Crippen molar-refractivity contribution in [3.63, 3.8) is 0 Å². The molecular weight excluding hydrogens is 173 g/mol. The van der Waals surface area contributed by atoms with E-state index in [2.05, 4.69) is 5.32 Å². The second kappa shape index (κ2) is 6.23. The molecule has 1 heterocycles. The number of hydrogen-bond acceptors (Lipinski definition) is 2. The number of halogens is 2. The molecule has 0 aliphatic carbocycles. The Labute approximate surface area is 72.7 Å². The highest BCUT2D eigenvalue weighted by molar-refractivity contribution is 6.17. The van der Waals surface area contributed by atoms with Crippen molar-refractivity contribution in [1.82, 2.24) is 5.32 Å². The molecule has 0 aromatic heterocycles. The van der Waals surface area contributed by atoms with Crippen LogP contribution in [-0.4, -0.2) is 31.7 Å². The average Bonchev–Trinajstić information content (AvgIpc) is 1.91. The summed E-state index contributed by atoms with van der Waals surface area (Å²) in [6, 6.07) is 0.497. The second-order valence-corrected chi connectivity index (χ2v) is 2.58. The zero-order valence-electron chi connectivity index (χ0n) is 5.81. The Bertz CT molecular complexity index is 73.4. The van der Waals surface area contributed by atoms with Gasteiger partial charge in [-0.3, -0.25) is 0 Å². The Morgan fingerprint density at radius 3 is 2.90 bits per heavy atom. The number of morpholine rings is 1. The molecule has 0 saturated carbocycles. The Morgan fingerprint density at radius 2 is 2.40 bits per heavy atom. The maximum atomic E-state index is 5.54. The van der Waals surface area contributed by atoms with Gasteiger partial charge in [-0.2, -0.15) is 0 Å². The minimum Gasteiger partial charge on any atom is -0.379 e. The number of hydrogen-bond donors (Lipinski definition) is 1. The van der Waals surface area contributed by atoms with Crippen LogP contribution in [0, 0.1) is 0 Å². The van der Waals surface area contributed by atoms with Crippen molar-refractivity contribution in [2.75, 3.05) is 25.6 Å². The Kier molecular flexibility index (Phi) is 6.54. The Morgan fingerprint density at radius 1 is 1.60 bits per heavy atom. The minimum absolute atomic E-state index is 0. The van der Waals surface area contributed by atoms with Crippen LogP contribution in [0.2, 0.25) is 0 Å². The highest BCUT2D eigenvalue weighted by Crippen LogP contribution is 1.98. The summed E-state index contributed by atoms with van der Waals surface area (Å²) >= 11 is 5.54. The van der Waals surface area contributed by atoms with Gasteiger partial charge in [0.25, 0.3) is 0 Å². The third-order valence-corrected chi connectivity index (χ3v) is 1.67. The standard InChI is InChI=1S/C6H12ClNO.ClH/c7-2-1-6-5-9-4-3-8-6;/h6,8H,1-5H2;1H. The van der Waals surface area contributed by atoms with Crippen LogP contribution in [0.4, 0.5) is 0 Å². The molecule has 2 nitrogen and oxygen atoms in total. The van der Waals surface area contributed by atoms with E-state index in [-0.39, 0.29) is 12.4 Å². The van der Waals surface area contributed by atoms with E-state index < -0.39 is 0 Å². The van der Waals surface area contributed by atoms with Gasteiger partial charge in [0.15, 0.2) is 0 Å². The van der Waals surface area contributed by atoms with E-state index in [9.17, 15) is 0 Å². The van der Waals surface area contributed by atoms with Crippen LogP contribution in [0.25, 0.3) is 0 Å². The van der Waals surface area contributed by atoms with Crippen LogP contribution < -0.4 is 5.32 Å². The molecule has 1 N–H and O–H groups in total. The number of nitrogens with one attached hydrogen (secondary N) is 1. The van der Waals surface area contributed by atoms with Gasteiger partial charge in [-0.25, -0.2) is 0 Å². The van der Waals surface area contributed by atoms with Gasteiger partial charge in [-0.15, -0.1) is 24.0 Å². The molecule has 0 aromatic rings. The molecule has 4 heteroatoms. The quantitative estimate of drug-likeness (QED) is 0.650. The molecule has 0 spiro atoms. The molecule has 1 aliphatic heterocycles. The summed E-state index contributed by atoms with van der Waals surface area (Å²) in [5.41, 5.74) is 0. The first kappa shape index (κ1) is 10.5. The first-order valence-corrected chi connectivity index (χ1v) is 3.84. The van der Waals surface area contributed by atoms with Crippen LogP contribution in [0.1, 0.15) is 6.42 Å². The molecule has 1 fully saturated rings. The maximum Gasteiger partial charge on any atom is 0.0620 e. The summed E-state index contributed by atoms with van der Waals surface area (Å²) in [5, 5.41) is 3.31. The van der Waals surface area contributed by atoms with Gasteiger partial charge in [0.1, 0.15) is 0 Å². The molecule has 62 valence electrons. The lowest BCUT2D eigenvalue weighted by atomic mass is 10.2. The average molecular weight is 186 g/mol. The maximum absolute atomic E-state index is 5.54. The topological polar surface area (TPSA) is 21.3 Å². The van der Waals surface area contributed by atoms with Crippen molar-refractivity contribution >= 4 is 24.0 Å². The fraction of sp³-hybridized carbons (Fsp3) is 1.00. The number of rotatable bonds is 2. The van der Waals surface area contributed by atoms with E-state index in [1.165, 1.54) is 0 Å². The first-order chi connectivity index (χ1) is 4.43. The lowest BCUT2D eigenvalue weighted by Gasteiger charge is -2.22. The van der Waals surface area contributed by atoms with Gasteiger partial charge in [-0.05, 0) is 6.42 Å². The van der Waals surface area contributed by atoms with Gasteiger partial charge in [-0.1, -0.05) is 0 Å². The smallest absolute Gasteiger partial charge is 0.0620 e. The molecule has 1 rings (SSSR count). The molecule has 0 amide bonds. The molecule has 1 saturated heterocycles. The molecule has 0 aromatic carbocycles. The fourth-order valence-corrected chi connectivity index (χ4v) is 1.20. The summed E-state index contributed by atoms with van der Waals surface area (Å²) in [7, 11) is 0. The van der Waals surface area contributed by atoms with Crippen molar-refractivity contribution in [2.45, 2.75) is 12.5 Å². The summed E-state index contributed by atoms with van der Waals surface area (Å²) in [4.78, 5) is 0. The third-order valence-electron chi connectivity index (χ3n) is 1.46. The van der Waals surface area contributed by atoms with Gasteiger partial charge < -0.3 is 10.1 Å². The van der Waals surface area contributed by atoms with Crippen molar-refractivity contribution in [3.05, 3.63) is 0 Å². The Balaban J connectivity index is 0.000000810. The normalized spacial score (nSPS) is 25.5. The van der Waals surface area contributed by atoms with Crippen molar-refractivity contribution < 1.29 is 4.74 Å². The largest absolute Gasteiger partial charge is 0.379 e. The lowest BCUT2D eigenvalue weighted by Crippen LogP contribution is -2.41. The second-order valence-electron chi connectivity index (χ2n) is 2.20. The van der Waals surface area contributed by atoms with Crippen LogP contribution >= 0.6 is 24.0 Å². The number of alkyl halides is 1. The van der Waals surface area contributed by atoms with E-state index in [1.54, 1.807) is 0 Å². The SMILES string of the molecule is Cl.ClCCC1COCCN1. The zero-order valence-corrected chi connectivity index (χ0v) is 7.38. The van der Waals surface area contributed by atoms with Gasteiger partial charge in [0.05, 0.1) is 13.2 Å². The lowest BCUT2D eigenvalue weighted by molar-refractivity contribution is 0.0760. The molecule has 1 aliphatic rings. The van der Waals surface area contributed by atoms with Crippen molar-refractivity contribution in [3.8, 4) is 0 Å². The molecule has 0 radical (unpaired) electrons. The van der Waals surface area contributed by atoms with Crippen LogP contribution in [0.15, 0.2) is 0 Å². The summed E-state index contributed by atoms with van der Waals surface area (Å²) < 4.78 is 5.21. The van der Waals surface area contributed by atoms with Gasteiger partial charge >= 0.3 is 0 Å². The van der Waals surface area contributed by atoms with Crippen LogP contribution in [0.3, 0.4) is 0 Å². The Hall–Kier alpha value is 0.500. The fourth-order valence-electron chi connectivity index (χ4n) is 0.937. The molecule has 10 heavy (non-hydrogen) atoms. The van der Waals surface area contributed by atoms with E-state index in [4.69, 9.17) is 16.3 Å². The predicted molar refractivity (Wildman–Crippen MR) is 45.2 cm³/mol. The van der Waals surface area contributed by atoms with Crippen molar-refractivity contribution in [2.24, 2.45) is 0 Å². The molecule has 1 unspecified atom stereocenters. The zero-order chi connectivity index (χ0) is 6.53. The van der Waals surface area contributed by atoms with Crippen LogP contribution in [0.5, 0.6) is 0 Å². The molecular formula is C6H13Cl2NO. The highest BCUT2D eigenvalue weighted by Gasteiger charge is 2.10. The summed E-state index contributed by atoms with van der Waals surface area (Å²) in [5.74, 6) is 0.723. The summed E-state index contributed by atoms with van der Waals surface area (Å²) in [6.07, 6.45) is 1.02. The van der Waals surface area contributed by atoms with E-state index >= 15 is 0 Å². The van der Waals surface area contributed by atoms with E-state index in [1.807, 2.05) is 0 Å². The van der Waals surface area contributed by atoms with E-state index in [0.717, 1.165) is 32.1 Å². The minimum atomic E-state index is 0. The van der Waals surface area contributed by atoms with Crippen molar-refractivity contribution in [1.29, 1.82) is 0 Å². The third kappa shape index (κ3) is 3.62. The number of ether oxygens (including phenoxy) is 1. The first-order valence-electron chi connectivity index (χ1n) is 3.30. The van der Waals surface area contributed by atoms with Crippen LogP contribution in [-0.2, 0) is 4.74 Å². The predicted octanol–water partition coefficient (Wildman–Crippen LogP) is 1.03. The van der Waals surface area contributed by atoms with Gasteiger partial charge in [0.2, 0.25) is 0 Å². The highest BCUT2D eigenvalue weighted by atomic mass is 35.5. The summed E-state index contributed by atoms with van der Waals surface area (Å²) in [6.45, 7) is 2.65. The molecule has 1 atom stereocenters. The molecule has 0 bridgehead atoms. The monoisotopic (exact) mass is 185 g/mol. The van der Waals surface area contributed by atoms with E-state index in [0.29, 0.717) is 6.04 Å².